The van der Waals surface area contributed by atoms with Crippen LogP contribution < -0.4 is 9.64 Å². The van der Waals surface area contributed by atoms with E-state index >= 15 is 0 Å². The first kappa shape index (κ1) is 25.5. The van der Waals surface area contributed by atoms with E-state index in [2.05, 4.69) is 25.1 Å². The smallest absolute Gasteiger partial charge is 0.438 e. The summed E-state index contributed by atoms with van der Waals surface area (Å²) in [7, 11) is 2.84. The van der Waals surface area contributed by atoms with Crippen molar-refractivity contribution in [2.75, 3.05) is 19.1 Å². The van der Waals surface area contributed by atoms with Gasteiger partial charge in [-0.25, -0.2) is 19.3 Å². The van der Waals surface area contributed by atoms with E-state index in [1.807, 2.05) is 6.92 Å². The molecule has 3 aromatic rings. The first-order chi connectivity index (χ1) is 17.1. The maximum Gasteiger partial charge on any atom is 0.438 e. The number of ether oxygens (including phenoxy) is 1. The normalized spacial score (nSPS) is 20.2. The third kappa shape index (κ3) is 5.02. The van der Waals surface area contributed by atoms with E-state index < -0.39 is 23.9 Å². The van der Waals surface area contributed by atoms with Crippen LogP contribution in [-0.2, 0) is 6.18 Å². The Morgan fingerprint density at radius 1 is 1.14 bits per heavy atom. The number of methoxy groups -OCH3 is 1. The number of phenols is 1. The summed E-state index contributed by atoms with van der Waals surface area (Å²) >= 11 is 0. The van der Waals surface area contributed by atoms with Crippen molar-refractivity contribution < 1.29 is 27.4 Å². The van der Waals surface area contributed by atoms with Crippen LogP contribution in [0.2, 0.25) is 0 Å². The lowest BCUT2D eigenvalue weighted by atomic mass is 9.82. The van der Waals surface area contributed by atoms with Crippen molar-refractivity contribution in [1.82, 2.24) is 25.1 Å². The number of aromatic hydroxyl groups is 1. The van der Waals surface area contributed by atoms with E-state index in [0.717, 1.165) is 39.0 Å². The summed E-state index contributed by atoms with van der Waals surface area (Å²) in [4.78, 5) is 13.3. The summed E-state index contributed by atoms with van der Waals surface area (Å²) in [5.74, 6) is -0.311. The van der Waals surface area contributed by atoms with Crippen molar-refractivity contribution in [2.24, 2.45) is 5.92 Å². The summed E-state index contributed by atoms with van der Waals surface area (Å²) < 4.78 is 58.8. The van der Waals surface area contributed by atoms with E-state index in [-0.39, 0.29) is 34.8 Å². The van der Waals surface area contributed by atoms with Gasteiger partial charge in [0.2, 0.25) is 11.6 Å². The van der Waals surface area contributed by atoms with Gasteiger partial charge in [0.1, 0.15) is 11.9 Å². The summed E-state index contributed by atoms with van der Waals surface area (Å²) in [5.41, 5.74) is -0.579. The van der Waals surface area contributed by atoms with E-state index in [4.69, 9.17) is 4.74 Å². The maximum absolute atomic E-state index is 14.9. The molecule has 8 nitrogen and oxygen atoms in total. The molecule has 0 bridgehead atoms. The van der Waals surface area contributed by atoms with Crippen LogP contribution in [0.3, 0.4) is 0 Å². The number of phenolic OH excluding ortho intramolecular Hbond substituents is 1. The molecule has 1 N–H and O–H groups in total. The van der Waals surface area contributed by atoms with Gasteiger partial charge in [0.25, 0.3) is 0 Å². The Balaban J connectivity index is 1.55. The lowest BCUT2D eigenvalue weighted by Crippen LogP contribution is -2.45. The minimum absolute atomic E-state index is 0.0242. The maximum atomic E-state index is 14.9. The molecule has 12 heteroatoms. The number of halogens is 4. The van der Waals surface area contributed by atoms with Crippen LogP contribution >= 0.6 is 0 Å². The van der Waals surface area contributed by atoms with Crippen LogP contribution in [0.25, 0.3) is 22.6 Å². The van der Waals surface area contributed by atoms with Crippen LogP contribution in [0.5, 0.6) is 11.6 Å². The topological polar surface area (TPSA) is 97.2 Å². The zero-order valence-corrected chi connectivity index (χ0v) is 20.0. The van der Waals surface area contributed by atoms with Crippen molar-refractivity contribution >= 4 is 5.82 Å². The van der Waals surface area contributed by atoms with E-state index in [1.54, 1.807) is 11.9 Å². The van der Waals surface area contributed by atoms with Crippen molar-refractivity contribution in [3.63, 3.8) is 0 Å². The molecule has 0 radical (unpaired) electrons. The Hall–Kier alpha value is -3.57. The fourth-order valence-corrected chi connectivity index (χ4v) is 4.51. The van der Waals surface area contributed by atoms with Gasteiger partial charge in [-0.05, 0) is 30.9 Å². The van der Waals surface area contributed by atoms with Gasteiger partial charge >= 0.3 is 6.18 Å². The molecule has 1 fully saturated rings. The standard InChI is InChI=1S/C24H26F4N6O2/c1-4-13-6-5-7-17(20(13)25)34(2)19-12-30-22(33-32-19)15-9-8-14(10-18(15)35)16-11-29-21(24(26,27)28)23(31-16)36-3/h8-13,17,20,35H,4-7H2,1-3H3/t13-,17+,20-/m1/s1. The molecule has 0 saturated heterocycles. The second kappa shape index (κ2) is 10.2. The molecule has 1 saturated carbocycles. The lowest BCUT2D eigenvalue weighted by Gasteiger charge is -2.38. The molecule has 2 heterocycles. The molecule has 0 aliphatic heterocycles. The predicted molar refractivity (Wildman–Crippen MR) is 124 cm³/mol. The zero-order valence-electron chi connectivity index (χ0n) is 20.0. The second-order valence-electron chi connectivity index (χ2n) is 8.70. The molecule has 1 aliphatic rings. The van der Waals surface area contributed by atoms with Crippen molar-refractivity contribution in [2.45, 2.75) is 51.0 Å². The highest BCUT2D eigenvalue weighted by Gasteiger charge is 2.38. The zero-order chi connectivity index (χ0) is 26.0. The van der Waals surface area contributed by atoms with E-state index in [0.29, 0.717) is 11.4 Å². The van der Waals surface area contributed by atoms with Crippen LogP contribution in [-0.4, -0.2) is 56.6 Å². The van der Waals surface area contributed by atoms with Gasteiger partial charge in [-0.2, -0.15) is 13.2 Å². The molecular formula is C24H26F4N6O2. The Labute approximate surface area is 205 Å². The third-order valence-electron chi connectivity index (χ3n) is 6.56. The van der Waals surface area contributed by atoms with Crippen molar-refractivity contribution in [1.29, 1.82) is 0 Å². The van der Waals surface area contributed by atoms with Gasteiger partial charge < -0.3 is 14.7 Å². The van der Waals surface area contributed by atoms with E-state index in [9.17, 15) is 22.7 Å². The Morgan fingerprint density at radius 3 is 2.53 bits per heavy atom. The number of alkyl halides is 4. The first-order valence-electron chi connectivity index (χ1n) is 11.5. The fraction of sp³-hybridized carbons (Fsp3) is 0.458. The second-order valence-corrected chi connectivity index (χ2v) is 8.70. The summed E-state index contributed by atoms with van der Waals surface area (Å²) in [6.45, 7) is 1.99. The van der Waals surface area contributed by atoms with Gasteiger partial charge in [0, 0.05) is 12.6 Å². The number of anilines is 1. The minimum Gasteiger partial charge on any atom is -0.507 e. The van der Waals surface area contributed by atoms with Gasteiger partial charge in [-0.1, -0.05) is 25.8 Å². The lowest BCUT2D eigenvalue weighted by molar-refractivity contribution is -0.142. The van der Waals surface area contributed by atoms with E-state index in [1.165, 1.54) is 24.4 Å². The van der Waals surface area contributed by atoms with Gasteiger partial charge in [0.05, 0.1) is 36.8 Å². The molecule has 3 atom stereocenters. The van der Waals surface area contributed by atoms with Crippen LogP contribution in [0.15, 0.2) is 30.6 Å². The summed E-state index contributed by atoms with van der Waals surface area (Å²) in [6, 6.07) is 4.05. The first-order valence-corrected chi connectivity index (χ1v) is 11.5. The quantitative estimate of drug-likeness (QED) is 0.463. The highest BCUT2D eigenvalue weighted by atomic mass is 19.4. The Bertz CT molecular complexity index is 1210. The molecule has 0 amide bonds. The third-order valence-corrected chi connectivity index (χ3v) is 6.56. The highest BCUT2D eigenvalue weighted by molar-refractivity contribution is 5.71. The van der Waals surface area contributed by atoms with Crippen molar-refractivity contribution in [3.8, 4) is 34.3 Å². The van der Waals surface area contributed by atoms with Crippen LogP contribution in [0, 0.1) is 5.92 Å². The molecule has 0 spiro atoms. The fourth-order valence-electron chi connectivity index (χ4n) is 4.51. The molecule has 2 aromatic heterocycles. The molecular weight excluding hydrogens is 480 g/mol. The number of hydrogen-bond acceptors (Lipinski definition) is 8. The minimum atomic E-state index is -4.72. The molecule has 0 unspecified atom stereocenters. The van der Waals surface area contributed by atoms with Crippen molar-refractivity contribution in [3.05, 3.63) is 36.3 Å². The van der Waals surface area contributed by atoms with Gasteiger partial charge in [-0.3, -0.25) is 0 Å². The number of hydrogen-bond donors (Lipinski definition) is 1. The average molecular weight is 507 g/mol. The van der Waals surface area contributed by atoms with Crippen LogP contribution in [0.1, 0.15) is 38.3 Å². The van der Waals surface area contributed by atoms with Crippen LogP contribution in [0.4, 0.5) is 23.4 Å². The Kier molecular flexibility index (Phi) is 7.23. The average Bonchev–Trinajstić information content (AvgIpc) is 2.87. The monoisotopic (exact) mass is 506 g/mol. The molecule has 36 heavy (non-hydrogen) atoms. The molecule has 192 valence electrons. The predicted octanol–water partition coefficient (Wildman–Crippen LogP) is 5.08. The van der Waals surface area contributed by atoms with Gasteiger partial charge in [0.15, 0.2) is 11.6 Å². The number of rotatable bonds is 6. The largest absolute Gasteiger partial charge is 0.507 e. The SMILES string of the molecule is CC[C@@H]1CCC[C@H](N(C)c2cnc(-c3ccc(-c4cnc(C(F)(F)F)c(OC)n4)cc3O)nn2)[C@@H]1F. The summed E-state index contributed by atoms with van der Waals surface area (Å²) in [5, 5.41) is 18.8. The number of aromatic nitrogens is 5. The Morgan fingerprint density at radius 2 is 1.92 bits per heavy atom. The summed E-state index contributed by atoms with van der Waals surface area (Å²) in [6.07, 6.45) is 0.0877. The molecule has 4 rings (SSSR count). The molecule has 1 aromatic carbocycles. The number of benzene rings is 1. The number of nitrogens with zero attached hydrogens (tertiary/aromatic N) is 6. The molecule has 1 aliphatic carbocycles. The van der Waals surface area contributed by atoms with Gasteiger partial charge in [-0.15, -0.1) is 10.2 Å². The highest BCUT2D eigenvalue weighted by Crippen LogP contribution is 2.37.